The number of hydrogen-bond donors (Lipinski definition) is 0. The molecule has 0 radical (unpaired) electrons. The minimum atomic E-state index is -0.773. The Balaban J connectivity index is 2.05. The van der Waals surface area contributed by atoms with Crippen LogP contribution in [0.5, 0.6) is 0 Å². The van der Waals surface area contributed by atoms with Crippen molar-refractivity contribution < 1.29 is 18.6 Å². The van der Waals surface area contributed by atoms with Gasteiger partial charge in [0.25, 0.3) is 0 Å². The van der Waals surface area contributed by atoms with E-state index in [9.17, 15) is 0 Å². The lowest BCUT2D eigenvalue weighted by atomic mass is 10.4. The maximum atomic E-state index is 5.51. The van der Waals surface area contributed by atoms with Crippen molar-refractivity contribution in [3.8, 4) is 0 Å². The molecule has 1 unspecified atom stereocenters. The van der Waals surface area contributed by atoms with E-state index in [0.29, 0.717) is 13.2 Å². The molecule has 0 amide bonds. The maximum Gasteiger partial charge on any atom is 0.227 e. The molecule has 1 aliphatic rings. The number of rotatable bonds is 7. The molecule has 1 atom stereocenters. The van der Waals surface area contributed by atoms with Gasteiger partial charge >= 0.3 is 0 Å². The Hall–Kier alpha value is 0.0569. The van der Waals surface area contributed by atoms with Gasteiger partial charge in [0, 0.05) is 19.6 Å². The summed E-state index contributed by atoms with van der Waals surface area (Å²) in [4.78, 5) is 0. The molecule has 13 heavy (non-hydrogen) atoms. The van der Waals surface area contributed by atoms with E-state index in [0.717, 1.165) is 13.0 Å². The highest BCUT2D eigenvalue weighted by molar-refractivity contribution is 6.28. The molecule has 0 aromatic heterocycles. The third-order valence-electron chi connectivity index (χ3n) is 1.78. The van der Waals surface area contributed by atoms with Crippen LogP contribution in [0.15, 0.2) is 0 Å². The lowest BCUT2D eigenvalue weighted by molar-refractivity contribution is -0.176. The average molecular weight is 206 g/mol. The zero-order chi connectivity index (χ0) is 9.52. The van der Waals surface area contributed by atoms with Crippen LogP contribution in [-0.2, 0) is 18.6 Å². The van der Waals surface area contributed by atoms with Crippen molar-refractivity contribution in [2.24, 2.45) is 0 Å². The quantitative estimate of drug-likeness (QED) is 0.440. The van der Waals surface area contributed by atoms with E-state index in [1.165, 1.54) is 0 Å². The van der Waals surface area contributed by atoms with E-state index in [1.54, 1.807) is 0 Å². The van der Waals surface area contributed by atoms with Crippen molar-refractivity contribution >= 4 is 9.76 Å². The summed E-state index contributed by atoms with van der Waals surface area (Å²) in [5.41, 5.74) is 0. The molecule has 0 saturated carbocycles. The summed E-state index contributed by atoms with van der Waals surface area (Å²) >= 11 is 0. The van der Waals surface area contributed by atoms with Gasteiger partial charge in [0.15, 0.2) is 5.91 Å². The van der Waals surface area contributed by atoms with Gasteiger partial charge in [0.1, 0.15) is 6.29 Å². The highest BCUT2D eigenvalue weighted by Gasteiger charge is 2.20. The Morgan fingerprint density at radius 2 is 2.00 bits per heavy atom. The van der Waals surface area contributed by atoms with E-state index in [2.05, 4.69) is 0 Å². The summed E-state index contributed by atoms with van der Waals surface area (Å²) in [6, 6.07) is 0. The fourth-order valence-electron chi connectivity index (χ4n) is 1.05. The van der Waals surface area contributed by atoms with Crippen molar-refractivity contribution in [3.63, 3.8) is 0 Å². The number of ether oxygens (including phenoxy) is 3. The third-order valence-corrected chi connectivity index (χ3v) is 3.09. The third kappa shape index (κ3) is 4.19. The van der Waals surface area contributed by atoms with Gasteiger partial charge in [0.05, 0.1) is 6.61 Å². The summed E-state index contributed by atoms with van der Waals surface area (Å²) in [6.07, 6.45) is 1.04. The van der Waals surface area contributed by atoms with Gasteiger partial charge < -0.3 is 18.6 Å². The molecule has 0 aromatic carbocycles. The van der Waals surface area contributed by atoms with Crippen LogP contribution in [-0.4, -0.2) is 41.8 Å². The van der Waals surface area contributed by atoms with Gasteiger partial charge in [-0.1, -0.05) is 0 Å². The van der Waals surface area contributed by atoms with Crippen LogP contribution in [0.3, 0.4) is 0 Å². The summed E-state index contributed by atoms with van der Waals surface area (Å²) in [7, 11) is -0.773. The molecule has 1 saturated heterocycles. The molecule has 0 N–H and O–H groups in total. The van der Waals surface area contributed by atoms with E-state index < -0.39 is 9.76 Å². The lowest BCUT2D eigenvalue weighted by Gasteiger charge is -2.28. The van der Waals surface area contributed by atoms with Crippen LogP contribution < -0.4 is 0 Å². The average Bonchev–Trinajstić information content (AvgIpc) is 2.02. The molecule has 0 spiro atoms. The van der Waals surface area contributed by atoms with Gasteiger partial charge in [-0.05, 0) is 13.8 Å². The van der Waals surface area contributed by atoms with Crippen LogP contribution in [0, 0.1) is 0 Å². The maximum absolute atomic E-state index is 5.51. The van der Waals surface area contributed by atoms with Crippen molar-refractivity contribution in [2.45, 2.75) is 32.5 Å². The second-order valence-electron chi connectivity index (χ2n) is 2.76. The van der Waals surface area contributed by atoms with Gasteiger partial charge in [-0.15, -0.1) is 0 Å². The molecule has 78 valence electrons. The molecule has 0 aliphatic carbocycles. The monoisotopic (exact) mass is 206 g/mol. The minimum absolute atomic E-state index is 0.0232. The second kappa shape index (κ2) is 6.50. The molecule has 5 heteroatoms. The zero-order valence-corrected chi connectivity index (χ0v) is 9.74. The fourth-order valence-corrected chi connectivity index (χ4v) is 2.35. The Bertz CT molecular complexity index is 123. The largest absolute Gasteiger partial charge is 0.394 e. The highest BCUT2D eigenvalue weighted by atomic mass is 28.2. The van der Waals surface area contributed by atoms with E-state index in [1.807, 2.05) is 13.8 Å². The van der Waals surface area contributed by atoms with E-state index in [4.69, 9.17) is 18.6 Å². The molecular formula is C8H18O4Si. The number of hydrogen-bond acceptors (Lipinski definition) is 4. The molecule has 1 aliphatic heterocycles. The summed E-state index contributed by atoms with van der Waals surface area (Å²) in [5.74, 6) is -0.112. The van der Waals surface area contributed by atoms with Crippen molar-refractivity contribution in [1.29, 1.82) is 0 Å². The molecule has 4 nitrogen and oxygen atoms in total. The predicted octanol–water partition coefficient (Wildman–Crippen LogP) is 0.190. The van der Waals surface area contributed by atoms with Gasteiger partial charge in [0.2, 0.25) is 9.76 Å². The van der Waals surface area contributed by atoms with Crippen LogP contribution >= 0.6 is 0 Å². The van der Waals surface area contributed by atoms with Gasteiger partial charge in [-0.2, -0.15) is 0 Å². The van der Waals surface area contributed by atoms with Crippen molar-refractivity contribution in [3.05, 3.63) is 0 Å². The molecule has 0 aromatic rings. The lowest BCUT2D eigenvalue weighted by Crippen LogP contribution is -2.36. The highest BCUT2D eigenvalue weighted by Crippen LogP contribution is 2.11. The second-order valence-corrected chi connectivity index (χ2v) is 4.10. The fraction of sp³-hybridized carbons (Fsp3) is 1.00. The first-order valence-electron chi connectivity index (χ1n) is 4.83. The molecule has 1 fully saturated rings. The van der Waals surface area contributed by atoms with Crippen LogP contribution in [0.25, 0.3) is 0 Å². The Kier molecular flexibility index (Phi) is 5.57. The smallest absolute Gasteiger partial charge is 0.227 e. The van der Waals surface area contributed by atoms with Crippen molar-refractivity contribution in [2.75, 3.05) is 19.8 Å². The SMILES string of the molecule is CCOC(OCC)[SiH2]OC1CCO1. The van der Waals surface area contributed by atoms with E-state index in [-0.39, 0.29) is 12.2 Å². The molecule has 0 bridgehead atoms. The Labute approximate surface area is 81.4 Å². The summed E-state index contributed by atoms with van der Waals surface area (Å²) < 4.78 is 21.4. The topological polar surface area (TPSA) is 36.9 Å². The molecular weight excluding hydrogens is 188 g/mol. The normalized spacial score (nSPS) is 22.8. The Morgan fingerprint density at radius 3 is 2.38 bits per heavy atom. The molecule has 1 heterocycles. The van der Waals surface area contributed by atoms with E-state index >= 15 is 0 Å². The predicted molar refractivity (Wildman–Crippen MR) is 51.0 cm³/mol. The zero-order valence-electron chi connectivity index (χ0n) is 8.32. The van der Waals surface area contributed by atoms with Gasteiger partial charge in [-0.3, -0.25) is 0 Å². The first-order valence-corrected chi connectivity index (χ1v) is 6.22. The summed E-state index contributed by atoms with van der Waals surface area (Å²) in [5, 5.41) is 0. The van der Waals surface area contributed by atoms with Crippen LogP contribution in [0.1, 0.15) is 20.3 Å². The Morgan fingerprint density at radius 1 is 1.38 bits per heavy atom. The van der Waals surface area contributed by atoms with Crippen LogP contribution in [0.4, 0.5) is 0 Å². The van der Waals surface area contributed by atoms with Crippen molar-refractivity contribution in [1.82, 2.24) is 0 Å². The molecule has 1 rings (SSSR count). The van der Waals surface area contributed by atoms with Gasteiger partial charge in [-0.25, -0.2) is 0 Å². The standard InChI is InChI=1S/C8H18O4Si/c1-3-9-8(10-4-2)13-12-7-5-6-11-7/h7-8H,3-6,13H2,1-2H3. The summed E-state index contributed by atoms with van der Waals surface area (Å²) in [6.45, 7) is 6.09. The van der Waals surface area contributed by atoms with Crippen LogP contribution in [0.2, 0.25) is 0 Å². The first-order chi connectivity index (χ1) is 6.36. The first kappa shape index (κ1) is 11.1. The minimum Gasteiger partial charge on any atom is -0.394 e.